The molecule has 0 unspecified atom stereocenters. The van der Waals surface area contributed by atoms with Crippen LogP contribution in [0.25, 0.3) is 16.8 Å². The van der Waals surface area contributed by atoms with E-state index in [0.717, 1.165) is 11.1 Å². The second-order valence-electron chi connectivity index (χ2n) is 7.07. The largest absolute Gasteiger partial charge is 0.497 e. The number of benzene rings is 2. The highest BCUT2D eigenvalue weighted by atomic mass is 16.5. The number of aryl methyl sites for hydroxylation is 1. The van der Waals surface area contributed by atoms with Gasteiger partial charge in [0.15, 0.2) is 0 Å². The molecule has 31 heavy (non-hydrogen) atoms. The van der Waals surface area contributed by atoms with Crippen molar-refractivity contribution >= 4 is 17.1 Å². The molecule has 0 saturated heterocycles. The van der Waals surface area contributed by atoms with Crippen LogP contribution < -0.4 is 20.3 Å². The van der Waals surface area contributed by atoms with E-state index in [1.54, 1.807) is 43.8 Å². The van der Waals surface area contributed by atoms with Gasteiger partial charge in [-0.3, -0.25) is 9.59 Å². The van der Waals surface area contributed by atoms with Crippen LogP contribution in [0, 0.1) is 6.92 Å². The van der Waals surface area contributed by atoms with Crippen LogP contribution in [0.5, 0.6) is 11.5 Å². The Kier molecular flexibility index (Phi) is 5.44. The van der Waals surface area contributed by atoms with E-state index in [0.29, 0.717) is 28.4 Å². The molecule has 0 spiro atoms. The van der Waals surface area contributed by atoms with Crippen LogP contribution in [0.15, 0.2) is 65.7 Å². The van der Waals surface area contributed by atoms with E-state index in [2.05, 4.69) is 10.4 Å². The van der Waals surface area contributed by atoms with Gasteiger partial charge >= 0.3 is 0 Å². The van der Waals surface area contributed by atoms with Crippen molar-refractivity contribution in [1.29, 1.82) is 0 Å². The highest BCUT2D eigenvalue weighted by Crippen LogP contribution is 2.28. The van der Waals surface area contributed by atoms with E-state index in [1.165, 1.54) is 16.2 Å². The maximum absolute atomic E-state index is 12.9. The average molecular weight is 418 g/mol. The molecule has 4 rings (SSSR count). The number of hydrogen-bond acceptors (Lipinski definition) is 5. The molecule has 0 saturated carbocycles. The fourth-order valence-corrected chi connectivity index (χ4v) is 3.27. The molecule has 2 aromatic heterocycles. The van der Waals surface area contributed by atoms with Gasteiger partial charge in [-0.1, -0.05) is 29.8 Å². The minimum atomic E-state index is -0.365. The molecule has 1 amide bonds. The number of aromatic nitrogens is 3. The molecule has 0 bridgehead atoms. The number of nitrogens with zero attached hydrogens (tertiary/aromatic N) is 3. The molecule has 4 aromatic rings. The number of nitrogens with one attached hydrogen (secondary N) is 1. The van der Waals surface area contributed by atoms with Crippen LogP contribution >= 0.6 is 0 Å². The molecular weight excluding hydrogens is 396 g/mol. The number of anilines is 1. The zero-order valence-electron chi connectivity index (χ0n) is 17.5. The predicted octanol–water partition coefficient (Wildman–Crippen LogP) is 3.13. The number of methoxy groups -OCH3 is 2. The molecule has 1 N–H and O–H groups in total. The Balaban J connectivity index is 1.59. The highest BCUT2D eigenvalue weighted by molar-refractivity contribution is 5.92. The van der Waals surface area contributed by atoms with Crippen LogP contribution in [-0.4, -0.2) is 34.3 Å². The topological polar surface area (TPSA) is 86.9 Å². The summed E-state index contributed by atoms with van der Waals surface area (Å²) in [6.07, 6.45) is 3.21. The van der Waals surface area contributed by atoms with E-state index in [-0.39, 0.29) is 18.0 Å². The van der Waals surface area contributed by atoms with Crippen LogP contribution in [0.2, 0.25) is 0 Å². The van der Waals surface area contributed by atoms with Crippen LogP contribution in [0.3, 0.4) is 0 Å². The van der Waals surface area contributed by atoms with Gasteiger partial charge in [-0.05, 0) is 25.1 Å². The SMILES string of the molecule is COc1ccc(OC)c(NC(=O)Cn2ccn3nc(-c4ccc(C)cc4)cc3c2=O)c1. The van der Waals surface area contributed by atoms with Gasteiger partial charge in [0, 0.05) is 24.0 Å². The zero-order chi connectivity index (χ0) is 22.0. The fourth-order valence-electron chi connectivity index (χ4n) is 3.27. The van der Waals surface area contributed by atoms with Gasteiger partial charge in [-0.2, -0.15) is 5.10 Å². The van der Waals surface area contributed by atoms with Gasteiger partial charge in [0.05, 0.1) is 25.6 Å². The van der Waals surface area contributed by atoms with Crippen molar-refractivity contribution in [1.82, 2.24) is 14.2 Å². The van der Waals surface area contributed by atoms with Crippen LogP contribution in [0.1, 0.15) is 5.56 Å². The van der Waals surface area contributed by atoms with Crippen molar-refractivity contribution in [2.45, 2.75) is 13.5 Å². The van der Waals surface area contributed by atoms with Gasteiger partial charge < -0.3 is 19.4 Å². The van der Waals surface area contributed by atoms with E-state index in [1.807, 2.05) is 31.2 Å². The summed E-state index contributed by atoms with van der Waals surface area (Å²) in [4.78, 5) is 25.5. The van der Waals surface area contributed by atoms with Gasteiger partial charge in [0.1, 0.15) is 23.6 Å². The molecule has 2 aromatic carbocycles. The van der Waals surface area contributed by atoms with Gasteiger partial charge in [-0.25, -0.2) is 4.52 Å². The lowest BCUT2D eigenvalue weighted by atomic mass is 10.1. The van der Waals surface area contributed by atoms with E-state index >= 15 is 0 Å². The van der Waals surface area contributed by atoms with E-state index < -0.39 is 0 Å². The highest BCUT2D eigenvalue weighted by Gasteiger charge is 2.13. The average Bonchev–Trinajstić information content (AvgIpc) is 3.21. The summed E-state index contributed by atoms with van der Waals surface area (Å²) in [5.41, 5.74) is 3.31. The second kappa shape index (κ2) is 8.35. The van der Waals surface area contributed by atoms with Gasteiger partial charge in [0.25, 0.3) is 5.56 Å². The third-order valence-electron chi connectivity index (χ3n) is 4.95. The smallest absolute Gasteiger partial charge is 0.277 e. The standard InChI is InChI=1S/C23H22N4O4/c1-15-4-6-16(7-5-15)18-13-20-23(29)26(10-11-27(20)25-18)14-22(28)24-19-12-17(30-2)8-9-21(19)31-3/h4-13H,14H2,1-3H3,(H,24,28). The third-order valence-corrected chi connectivity index (χ3v) is 4.95. The molecule has 158 valence electrons. The Hall–Kier alpha value is -4.07. The minimum absolute atomic E-state index is 0.152. The number of carbonyl (C=O) groups excluding carboxylic acids is 1. The van der Waals surface area contributed by atoms with E-state index in [9.17, 15) is 9.59 Å². The molecule has 0 fully saturated rings. The number of rotatable bonds is 6. The molecule has 0 aliphatic carbocycles. The summed E-state index contributed by atoms with van der Waals surface area (Å²) in [6.45, 7) is 1.86. The van der Waals surface area contributed by atoms with Gasteiger partial charge in [-0.15, -0.1) is 0 Å². The number of fused-ring (bicyclic) bond motifs is 1. The van der Waals surface area contributed by atoms with Crippen molar-refractivity contribution in [3.8, 4) is 22.8 Å². The Labute approximate surface area is 178 Å². The lowest BCUT2D eigenvalue weighted by molar-refractivity contribution is -0.116. The summed E-state index contributed by atoms with van der Waals surface area (Å²) >= 11 is 0. The lowest BCUT2D eigenvalue weighted by Gasteiger charge is -2.12. The fraction of sp³-hybridized carbons (Fsp3) is 0.174. The van der Waals surface area contributed by atoms with Crippen molar-refractivity contribution in [3.05, 3.63) is 76.8 Å². The molecule has 8 heteroatoms. The first-order valence-corrected chi connectivity index (χ1v) is 9.66. The summed E-state index contributed by atoms with van der Waals surface area (Å²) in [5.74, 6) is 0.712. The summed E-state index contributed by atoms with van der Waals surface area (Å²) in [5, 5.41) is 7.25. The number of carbonyl (C=O) groups is 1. The van der Waals surface area contributed by atoms with Crippen molar-refractivity contribution in [3.63, 3.8) is 0 Å². The normalized spacial score (nSPS) is 10.8. The van der Waals surface area contributed by atoms with E-state index in [4.69, 9.17) is 9.47 Å². The second-order valence-corrected chi connectivity index (χ2v) is 7.07. The number of ether oxygens (including phenoxy) is 2. The molecule has 8 nitrogen and oxygen atoms in total. The quantitative estimate of drug-likeness (QED) is 0.520. The zero-order valence-corrected chi connectivity index (χ0v) is 17.5. The first kappa shape index (κ1) is 20.2. The van der Waals surface area contributed by atoms with Crippen molar-refractivity contribution < 1.29 is 14.3 Å². The Morgan fingerprint density at radius 3 is 2.52 bits per heavy atom. The molecule has 0 aliphatic heterocycles. The molecule has 0 aliphatic rings. The number of hydrogen-bond donors (Lipinski definition) is 1. The molecule has 2 heterocycles. The predicted molar refractivity (Wildman–Crippen MR) is 118 cm³/mol. The third kappa shape index (κ3) is 4.13. The van der Waals surface area contributed by atoms with Crippen LogP contribution in [0.4, 0.5) is 5.69 Å². The lowest BCUT2D eigenvalue weighted by Crippen LogP contribution is -2.28. The molecule has 0 radical (unpaired) electrons. The summed E-state index contributed by atoms with van der Waals surface area (Å²) in [7, 11) is 3.06. The Morgan fingerprint density at radius 1 is 1.03 bits per heavy atom. The van der Waals surface area contributed by atoms with Crippen molar-refractivity contribution in [2.75, 3.05) is 19.5 Å². The summed E-state index contributed by atoms with van der Waals surface area (Å²) in [6, 6.07) is 14.7. The maximum atomic E-state index is 12.9. The first-order chi connectivity index (χ1) is 15.0. The Morgan fingerprint density at radius 2 is 1.81 bits per heavy atom. The monoisotopic (exact) mass is 418 g/mol. The van der Waals surface area contributed by atoms with Gasteiger partial charge in [0.2, 0.25) is 5.91 Å². The first-order valence-electron chi connectivity index (χ1n) is 9.66. The minimum Gasteiger partial charge on any atom is -0.497 e. The maximum Gasteiger partial charge on any atom is 0.277 e. The Bertz CT molecular complexity index is 1310. The van der Waals surface area contributed by atoms with Crippen LogP contribution in [-0.2, 0) is 11.3 Å². The van der Waals surface area contributed by atoms with Crippen molar-refractivity contribution in [2.24, 2.45) is 0 Å². The summed E-state index contributed by atoms with van der Waals surface area (Å²) < 4.78 is 13.3. The molecular formula is C23H22N4O4. The molecule has 0 atom stereocenters. The number of amides is 1.